The van der Waals surface area contributed by atoms with E-state index in [4.69, 9.17) is 9.47 Å². The number of hydrogen-bond donors (Lipinski definition) is 2. The Balaban J connectivity index is 1.68. The van der Waals surface area contributed by atoms with E-state index in [-0.39, 0.29) is 17.5 Å². The van der Waals surface area contributed by atoms with Crippen LogP contribution in [0.4, 0.5) is 0 Å². The Morgan fingerprint density at radius 1 is 1.46 bits per heavy atom. The average Bonchev–Trinajstić information content (AvgIpc) is 3.21. The minimum Gasteiger partial charge on any atom is -0.478 e. The van der Waals surface area contributed by atoms with Crippen molar-refractivity contribution in [3.8, 4) is 5.75 Å². The fraction of sp³-hybridized carbons (Fsp3) is 0.562. The normalized spacial score (nSPS) is 22.9. The number of rotatable bonds is 6. The second-order valence-corrected chi connectivity index (χ2v) is 7.74. The summed E-state index contributed by atoms with van der Waals surface area (Å²) in [5.74, 6) is 0.105. The fourth-order valence-electron chi connectivity index (χ4n) is 2.98. The van der Waals surface area contributed by atoms with Gasteiger partial charge in [0.05, 0.1) is 11.5 Å². The Labute approximate surface area is 141 Å². The lowest BCUT2D eigenvalue weighted by molar-refractivity contribution is -0.150. The number of hydrogen-bond acceptors (Lipinski definition) is 6. The van der Waals surface area contributed by atoms with Gasteiger partial charge in [-0.15, -0.1) is 0 Å². The molecule has 3 rings (SSSR count). The molecule has 2 atom stereocenters. The summed E-state index contributed by atoms with van der Waals surface area (Å²) >= 11 is 0. The number of esters is 1. The van der Waals surface area contributed by atoms with Crippen molar-refractivity contribution in [2.24, 2.45) is 0 Å². The molecule has 0 bridgehead atoms. The lowest BCUT2D eigenvalue weighted by atomic mass is 10.1. The van der Waals surface area contributed by atoms with Crippen molar-refractivity contribution < 1.29 is 22.7 Å². The highest BCUT2D eigenvalue weighted by atomic mass is 32.2. The zero-order valence-electron chi connectivity index (χ0n) is 13.6. The lowest BCUT2D eigenvalue weighted by Crippen LogP contribution is -2.37. The molecule has 0 radical (unpaired) electrons. The van der Waals surface area contributed by atoms with E-state index in [9.17, 15) is 13.2 Å². The van der Waals surface area contributed by atoms with Gasteiger partial charge in [-0.05, 0) is 50.1 Å². The van der Waals surface area contributed by atoms with Gasteiger partial charge < -0.3 is 14.8 Å². The van der Waals surface area contributed by atoms with Gasteiger partial charge >= 0.3 is 5.97 Å². The molecule has 24 heavy (non-hydrogen) atoms. The number of nitrogens with one attached hydrogen (secondary N) is 2. The monoisotopic (exact) mass is 354 g/mol. The van der Waals surface area contributed by atoms with E-state index in [1.165, 1.54) is 6.07 Å². The largest absolute Gasteiger partial charge is 0.478 e. The molecule has 8 heteroatoms. The van der Waals surface area contributed by atoms with E-state index in [2.05, 4.69) is 10.0 Å². The number of fused-ring (bicyclic) bond motifs is 1. The molecular formula is C16H22N2O5S. The second kappa shape index (κ2) is 7.08. The predicted molar refractivity (Wildman–Crippen MR) is 87.4 cm³/mol. The second-order valence-electron chi connectivity index (χ2n) is 5.98. The summed E-state index contributed by atoms with van der Waals surface area (Å²) < 4.78 is 38.0. The molecule has 0 spiro atoms. The van der Waals surface area contributed by atoms with Gasteiger partial charge in [-0.1, -0.05) is 0 Å². The van der Waals surface area contributed by atoms with Gasteiger partial charge in [0.25, 0.3) is 0 Å². The first-order valence-electron chi connectivity index (χ1n) is 8.19. The van der Waals surface area contributed by atoms with E-state index in [1.54, 1.807) is 19.1 Å². The highest BCUT2D eigenvalue weighted by Crippen LogP contribution is 2.31. The molecule has 2 heterocycles. The minimum absolute atomic E-state index is 0.186. The van der Waals surface area contributed by atoms with Gasteiger partial charge in [-0.3, -0.25) is 0 Å². The molecule has 132 valence electrons. The maximum Gasteiger partial charge on any atom is 0.347 e. The maximum atomic E-state index is 12.4. The van der Waals surface area contributed by atoms with Crippen molar-refractivity contribution in [3.05, 3.63) is 23.8 Å². The van der Waals surface area contributed by atoms with E-state index in [0.717, 1.165) is 19.4 Å². The van der Waals surface area contributed by atoms with Crippen LogP contribution in [-0.2, 0) is 26.0 Å². The first-order valence-corrected chi connectivity index (χ1v) is 9.67. The van der Waals surface area contributed by atoms with Crippen molar-refractivity contribution in [1.29, 1.82) is 0 Å². The van der Waals surface area contributed by atoms with E-state index in [1.807, 2.05) is 0 Å². The van der Waals surface area contributed by atoms with Gasteiger partial charge in [0.1, 0.15) is 5.75 Å². The van der Waals surface area contributed by atoms with Crippen LogP contribution >= 0.6 is 0 Å². The van der Waals surface area contributed by atoms with Crippen LogP contribution in [0.1, 0.15) is 25.3 Å². The molecule has 1 aromatic rings. The highest BCUT2D eigenvalue weighted by molar-refractivity contribution is 7.89. The van der Waals surface area contributed by atoms with Crippen LogP contribution in [0.5, 0.6) is 5.75 Å². The lowest BCUT2D eigenvalue weighted by Gasteiger charge is -2.12. The van der Waals surface area contributed by atoms with Crippen molar-refractivity contribution in [1.82, 2.24) is 10.0 Å². The van der Waals surface area contributed by atoms with Crippen LogP contribution in [0.15, 0.2) is 23.1 Å². The van der Waals surface area contributed by atoms with Gasteiger partial charge in [0, 0.05) is 19.0 Å². The Bertz CT molecular complexity index is 713. The SMILES string of the molecule is CCOC(=O)C1Cc2cc(S(=O)(=O)NCC3CCCN3)ccc2O1. The Kier molecular flexibility index (Phi) is 5.07. The van der Waals surface area contributed by atoms with E-state index in [0.29, 0.717) is 24.3 Å². The molecule has 7 nitrogen and oxygen atoms in total. The first-order chi connectivity index (χ1) is 11.5. The zero-order valence-corrected chi connectivity index (χ0v) is 14.4. The van der Waals surface area contributed by atoms with Crippen molar-refractivity contribution in [3.63, 3.8) is 0 Å². The van der Waals surface area contributed by atoms with Crippen molar-refractivity contribution >= 4 is 16.0 Å². The average molecular weight is 354 g/mol. The summed E-state index contributed by atoms with van der Waals surface area (Å²) in [6, 6.07) is 4.85. The van der Waals surface area contributed by atoms with Gasteiger partial charge in [-0.2, -0.15) is 0 Å². The predicted octanol–water partition coefficient (Wildman–Crippen LogP) is 0.584. The smallest absolute Gasteiger partial charge is 0.347 e. The standard InChI is InChI=1S/C16H22N2O5S/c1-2-22-16(19)15-9-11-8-13(5-6-14(11)23-15)24(20,21)18-10-12-4-3-7-17-12/h5-6,8,12,15,17-18H,2-4,7,9-10H2,1H3. The molecule has 0 amide bonds. The molecule has 2 N–H and O–H groups in total. The van der Waals surface area contributed by atoms with Crippen molar-refractivity contribution in [2.45, 2.75) is 43.2 Å². The summed E-state index contributed by atoms with van der Waals surface area (Å²) in [5.41, 5.74) is 0.704. The molecule has 1 aromatic carbocycles. The topological polar surface area (TPSA) is 93.7 Å². The van der Waals surface area contributed by atoms with Gasteiger partial charge in [-0.25, -0.2) is 17.9 Å². The first kappa shape index (κ1) is 17.2. The molecule has 1 fully saturated rings. The third kappa shape index (κ3) is 3.71. The minimum atomic E-state index is -3.58. The number of ether oxygens (including phenoxy) is 2. The Hall–Kier alpha value is -1.64. The van der Waals surface area contributed by atoms with Crippen LogP contribution in [0, 0.1) is 0 Å². The third-order valence-electron chi connectivity index (χ3n) is 4.25. The molecule has 0 aliphatic carbocycles. The van der Waals surface area contributed by atoms with Crippen LogP contribution in [-0.4, -0.2) is 46.2 Å². The van der Waals surface area contributed by atoms with E-state index >= 15 is 0 Å². The molecule has 0 saturated carbocycles. The number of sulfonamides is 1. The number of carbonyl (C=O) groups is 1. The molecule has 1 saturated heterocycles. The highest BCUT2D eigenvalue weighted by Gasteiger charge is 2.31. The Morgan fingerprint density at radius 2 is 2.29 bits per heavy atom. The van der Waals surface area contributed by atoms with E-state index < -0.39 is 22.1 Å². The van der Waals surface area contributed by atoms with Crippen LogP contribution < -0.4 is 14.8 Å². The molecule has 0 aromatic heterocycles. The quantitative estimate of drug-likeness (QED) is 0.726. The van der Waals surface area contributed by atoms with Crippen molar-refractivity contribution in [2.75, 3.05) is 19.7 Å². The van der Waals surface area contributed by atoms with Crippen LogP contribution in [0.3, 0.4) is 0 Å². The fourth-order valence-corrected chi connectivity index (χ4v) is 4.12. The molecular weight excluding hydrogens is 332 g/mol. The summed E-state index contributed by atoms with van der Waals surface area (Å²) in [7, 11) is -3.58. The van der Waals surface area contributed by atoms with Gasteiger partial charge in [0.15, 0.2) is 6.10 Å². The summed E-state index contributed by atoms with van der Waals surface area (Å²) in [4.78, 5) is 11.9. The summed E-state index contributed by atoms with van der Waals surface area (Å²) in [6.45, 7) is 3.32. The van der Waals surface area contributed by atoms with Crippen LogP contribution in [0.2, 0.25) is 0 Å². The third-order valence-corrected chi connectivity index (χ3v) is 5.67. The summed E-state index contributed by atoms with van der Waals surface area (Å²) in [6.07, 6.45) is 1.66. The van der Waals surface area contributed by atoms with Gasteiger partial charge in [0.2, 0.25) is 10.0 Å². The molecule has 2 aliphatic rings. The Morgan fingerprint density at radius 3 is 3.00 bits per heavy atom. The number of carbonyl (C=O) groups excluding carboxylic acids is 1. The maximum absolute atomic E-state index is 12.4. The van der Waals surface area contributed by atoms with Crippen LogP contribution in [0.25, 0.3) is 0 Å². The number of benzene rings is 1. The summed E-state index contributed by atoms with van der Waals surface area (Å²) in [5, 5.41) is 3.25. The molecule has 2 unspecified atom stereocenters. The molecule has 2 aliphatic heterocycles. The zero-order chi connectivity index (χ0) is 17.2.